The Balaban J connectivity index is 0.000000138. The van der Waals surface area contributed by atoms with E-state index < -0.39 is 0 Å². The fourth-order valence-corrected chi connectivity index (χ4v) is 5.93. The molecule has 4 aliphatic heterocycles. The number of piperidine rings is 3. The topological polar surface area (TPSA) is 67.3 Å². The minimum absolute atomic E-state index is 0.165. The Labute approximate surface area is 218 Å². The van der Waals surface area contributed by atoms with E-state index in [9.17, 15) is 0 Å². The normalized spacial score (nSPS) is 27.7. The molecule has 37 heavy (non-hydrogen) atoms. The molecule has 0 spiro atoms. The predicted molar refractivity (Wildman–Crippen MR) is 149 cm³/mol. The maximum absolute atomic E-state index is 5.43. The average molecular weight is 497 g/mol. The summed E-state index contributed by atoms with van der Waals surface area (Å²) in [6, 6.07) is 8.54. The van der Waals surface area contributed by atoms with E-state index >= 15 is 0 Å². The van der Waals surface area contributed by atoms with Crippen molar-refractivity contribution in [3.8, 4) is 0 Å². The van der Waals surface area contributed by atoms with Gasteiger partial charge in [-0.15, -0.1) is 0 Å². The molecule has 4 saturated heterocycles. The molecule has 2 unspecified atom stereocenters. The van der Waals surface area contributed by atoms with Crippen molar-refractivity contribution >= 4 is 34.4 Å². The number of hydrogen-bond donors (Lipinski definition) is 1. The van der Waals surface area contributed by atoms with Gasteiger partial charge in [0.05, 0.1) is 12.5 Å². The summed E-state index contributed by atoms with van der Waals surface area (Å²) < 4.78 is 10.8. The third-order valence-corrected chi connectivity index (χ3v) is 8.61. The molecular formula is C31H36N4O2. The lowest BCUT2D eigenvalue weighted by Gasteiger charge is -2.46. The van der Waals surface area contributed by atoms with E-state index in [0.717, 1.165) is 45.8 Å². The van der Waals surface area contributed by atoms with E-state index in [1.165, 1.54) is 49.9 Å². The lowest BCUT2D eigenvalue weighted by atomic mass is 9.80. The molecule has 6 heteroatoms. The SMILES string of the molecule is CC(=Cc1cnc2ccoc2c1)C1(C)CCN1.CC(=Cc1cnc2ccoc2c1)C1CC2CCN1CC2. The van der Waals surface area contributed by atoms with Crippen LogP contribution in [0.2, 0.25) is 0 Å². The van der Waals surface area contributed by atoms with Crippen LogP contribution < -0.4 is 5.32 Å². The highest BCUT2D eigenvalue weighted by Crippen LogP contribution is 2.35. The van der Waals surface area contributed by atoms with Gasteiger partial charge in [-0.1, -0.05) is 23.3 Å². The fraction of sp³-hybridized carbons (Fsp3) is 0.419. The smallest absolute Gasteiger partial charge is 0.152 e. The molecule has 4 aromatic rings. The Bertz CT molecular complexity index is 1450. The van der Waals surface area contributed by atoms with E-state index in [1.807, 2.05) is 30.6 Å². The van der Waals surface area contributed by atoms with Gasteiger partial charge in [0, 0.05) is 36.1 Å². The Kier molecular flexibility index (Phi) is 6.47. The Morgan fingerprint density at radius 3 is 2.08 bits per heavy atom. The summed E-state index contributed by atoms with van der Waals surface area (Å²) in [5.74, 6) is 0.944. The Hall–Kier alpha value is -3.22. The van der Waals surface area contributed by atoms with Crippen LogP contribution in [0.25, 0.3) is 34.4 Å². The van der Waals surface area contributed by atoms with Crippen molar-refractivity contribution in [2.75, 3.05) is 19.6 Å². The lowest BCUT2D eigenvalue weighted by Crippen LogP contribution is -2.55. The number of nitrogens with one attached hydrogen (secondary N) is 1. The van der Waals surface area contributed by atoms with Crippen LogP contribution in [0.3, 0.4) is 0 Å². The summed E-state index contributed by atoms with van der Waals surface area (Å²) in [7, 11) is 0. The second-order valence-corrected chi connectivity index (χ2v) is 11.1. The summed E-state index contributed by atoms with van der Waals surface area (Å²) >= 11 is 0. The molecular weight excluding hydrogens is 460 g/mol. The average Bonchev–Trinajstić information content (AvgIpc) is 3.57. The van der Waals surface area contributed by atoms with E-state index in [4.69, 9.17) is 8.83 Å². The zero-order valence-electron chi connectivity index (χ0n) is 22.0. The summed E-state index contributed by atoms with van der Waals surface area (Å²) in [5.41, 5.74) is 8.77. The third-order valence-electron chi connectivity index (χ3n) is 8.61. The van der Waals surface area contributed by atoms with E-state index in [0.29, 0.717) is 6.04 Å². The lowest BCUT2D eigenvalue weighted by molar-refractivity contribution is 0.0684. The van der Waals surface area contributed by atoms with Crippen molar-refractivity contribution in [1.82, 2.24) is 20.2 Å². The third kappa shape index (κ3) is 5.00. The van der Waals surface area contributed by atoms with Gasteiger partial charge in [0.1, 0.15) is 11.0 Å². The van der Waals surface area contributed by atoms with E-state index in [1.54, 1.807) is 12.5 Å². The zero-order valence-corrected chi connectivity index (χ0v) is 22.0. The summed E-state index contributed by atoms with van der Waals surface area (Å²) in [4.78, 5) is 11.4. The van der Waals surface area contributed by atoms with Gasteiger partial charge < -0.3 is 14.2 Å². The van der Waals surface area contributed by atoms with Gasteiger partial charge in [-0.25, -0.2) is 0 Å². The van der Waals surface area contributed by atoms with Crippen molar-refractivity contribution in [2.45, 2.75) is 58.0 Å². The predicted octanol–water partition coefficient (Wildman–Crippen LogP) is 6.70. The second-order valence-electron chi connectivity index (χ2n) is 11.1. The number of nitrogens with zero attached hydrogens (tertiary/aromatic N) is 3. The standard InChI is InChI=1S/C17H20N2O.C14H16N2O/c1-12(16-9-13-2-5-19(16)6-3-13)8-14-10-17-15(18-11-14)4-7-20-17;1-10(14(2)4-5-16-14)7-11-8-13-12(15-9-11)3-6-17-13/h4,7-8,10-11,13,16H,2-3,5-6,9H2,1H3;3,6-9,16H,4-5H2,1-2H3. The fourth-order valence-electron chi connectivity index (χ4n) is 5.93. The van der Waals surface area contributed by atoms with Crippen LogP contribution in [-0.4, -0.2) is 46.1 Å². The first-order valence-electron chi connectivity index (χ1n) is 13.5. The van der Waals surface area contributed by atoms with Gasteiger partial charge in [-0.05, 0) is 95.3 Å². The van der Waals surface area contributed by atoms with Gasteiger partial charge in [-0.3, -0.25) is 14.9 Å². The summed E-state index contributed by atoms with van der Waals surface area (Å²) in [5, 5.41) is 3.46. The van der Waals surface area contributed by atoms with Gasteiger partial charge in [0.15, 0.2) is 11.2 Å². The van der Waals surface area contributed by atoms with Crippen molar-refractivity contribution in [1.29, 1.82) is 0 Å². The first kappa shape index (κ1) is 24.1. The Morgan fingerprint density at radius 2 is 1.57 bits per heavy atom. The van der Waals surface area contributed by atoms with Gasteiger partial charge in [-0.2, -0.15) is 0 Å². The molecule has 0 saturated carbocycles. The van der Waals surface area contributed by atoms with E-state index in [-0.39, 0.29) is 5.54 Å². The van der Waals surface area contributed by atoms with E-state index in [2.05, 4.69) is 59.2 Å². The van der Waals surface area contributed by atoms with Crippen molar-refractivity contribution in [2.24, 2.45) is 5.92 Å². The molecule has 0 amide bonds. The van der Waals surface area contributed by atoms with Crippen LogP contribution in [0, 0.1) is 5.92 Å². The minimum Gasteiger partial charge on any atom is -0.463 e. The molecule has 192 valence electrons. The molecule has 8 heterocycles. The van der Waals surface area contributed by atoms with Gasteiger partial charge in [0.2, 0.25) is 0 Å². The zero-order chi connectivity index (χ0) is 25.4. The number of aromatic nitrogens is 2. The van der Waals surface area contributed by atoms with Crippen LogP contribution in [-0.2, 0) is 0 Å². The molecule has 4 aliphatic rings. The van der Waals surface area contributed by atoms with Crippen LogP contribution in [0.4, 0.5) is 0 Å². The number of fused-ring (bicyclic) bond motifs is 5. The number of hydrogen-bond acceptors (Lipinski definition) is 6. The molecule has 8 rings (SSSR count). The first-order chi connectivity index (χ1) is 18.0. The molecule has 0 aliphatic carbocycles. The molecule has 2 atom stereocenters. The van der Waals surface area contributed by atoms with Crippen LogP contribution in [0.5, 0.6) is 0 Å². The number of furan rings is 2. The quantitative estimate of drug-likeness (QED) is 0.339. The van der Waals surface area contributed by atoms with Crippen LogP contribution in [0.1, 0.15) is 57.6 Å². The highest BCUT2D eigenvalue weighted by Gasteiger charge is 2.34. The Morgan fingerprint density at radius 1 is 0.973 bits per heavy atom. The van der Waals surface area contributed by atoms with Crippen molar-refractivity contribution in [3.63, 3.8) is 0 Å². The first-order valence-corrected chi connectivity index (χ1v) is 13.5. The molecule has 4 fully saturated rings. The molecule has 1 N–H and O–H groups in total. The van der Waals surface area contributed by atoms with Crippen LogP contribution >= 0.6 is 0 Å². The summed E-state index contributed by atoms with van der Waals surface area (Å²) in [6.07, 6.45) is 17.0. The largest absolute Gasteiger partial charge is 0.463 e. The summed E-state index contributed by atoms with van der Waals surface area (Å²) in [6.45, 7) is 10.3. The number of rotatable bonds is 4. The van der Waals surface area contributed by atoms with Crippen LogP contribution in [0.15, 0.2) is 69.2 Å². The molecule has 4 aromatic heterocycles. The highest BCUT2D eigenvalue weighted by molar-refractivity contribution is 5.76. The number of pyridine rings is 2. The van der Waals surface area contributed by atoms with Crippen molar-refractivity contribution < 1.29 is 8.83 Å². The molecule has 0 radical (unpaired) electrons. The monoisotopic (exact) mass is 496 g/mol. The maximum atomic E-state index is 5.43. The molecule has 2 bridgehead atoms. The second kappa shape index (κ2) is 9.92. The molecule has 6 nitrogen and oxygen atoms in total. The molecule has 0 aromatic carbocycles. The maximum Gasteiger partial charge on any atom is 0.152 e. The van der Waals surface area contributed by atoms with Crippen molar-refractivity contribution in [3.05, 3.63) is 71.5 Å². The van der Waals surface area contributed by atoms with Gasteiger partial charge in [0.25, 0.3) is 0 Å². The highest BCUT2D eigenvalue weighted by atomic mass is 16.3. The minimum atomic E-state index is 0.165. The van der Waals surface area contributed by atoms with Gasteiger partial charge >= 0.3 is 0 Å².